The minimum atomic E-state index is -0.140. The van der Waals surface area contributed by atoms with Crippen molar-refractivity contribution in [3.05, 3.63) is 28.6 Å². The largest absolute Gasteiger partial charge is 0.349 e. The summed E-state index contributed by atoms with van der Waals surface area (Å²) in [6, 6.07) is 4.10. The molecule has 4 heteroatoms. The predicted molar refractivity (Wildman–Crippen MR) is 79.0 cm³/mol. The SMILES string of the molecule is CCCn1c(C)cc(/C=C(\C#N)C(=O)N2CCC2)c1C. The summed E-state index contributed by atoms with van der Waals surface area (Å²) in [5.41, 5.74) is 3.50. The van der Waals surface area contributed by atoms with Crippen LogP contribution in [0.15, 0.2) is 11.6 Å². The van der Waals surface area contributed by atoms with Crippen LogP contribution in [0.25, 0.3) is 6.08 Å². The Bertz CT molecular complexity index is 586. The highest BCUT2D eigenvalue weighted by atomic mass is 16.2. The highest BCUT2D eigenvalue weighted by Crippen LogP contribution is 2.20. The molecule has 1 aromatic rings. The van der Waals surface area contributed by atoms with Gasteiger partial charge in [0.25, 0.3) is 5.91 Å². The van der Waals surface area contributed by atoms with Crippen molar-refractivity contribution in [3.8, 4) is 6.07 Å². The molecule has 0 N–H and O–H groups in total. The summed E-state index contributed by atoms with van der Waals surface area (Å²) >= 11 is 0. The average molecular weight is 271 g/mol. The van der Waals surface area contributed by atoms with E-state index in [2.05, 4.69) is 18.4 Å². The molecule has 2 rings (SSSR count). The van der Waals surface area contributed by atoms with Gasteiger partial charge in [-0.25, -0.2) is 0 Å². The minimum absolute atomic E-state index is 0.140. The van der Waals surface area contributed by atoms with E-state index in [0.717, 1.165) is 43.7 Å². The van der Waals surface area contributed by atoms with Gasteiger partial charge in [-0.2, -0.15) is 5.26 Å². The van der Waals surface area contributed by atoms with E-state index in [1.54, 1.807) is 11.0 Å². The van der Waals surface area contributed by atoms with Gasteiger partial charge in [0, 0.05) is 31.0 Å². The zero-order valence-electron chi connectivity index (χ0n) is 12.4. The van der Waals surface area contributed by atoms with E-state index in [4.69, 9.17) is 0 Å². The summed E-state index contributed by atoms with van der Waals surface area (Å²) < 4.78 is 2.23. The predicted octanol–water partition coefficient (Wildman–Crippen LogP) is 2.65. The van der Waals surface area contributed by atoms with Crippen molar-refractivity contribution in [2.45, 2.75) is 40.2 Å². The lowest BCUT2D eigenvalue weighted by Crippen LogP contribution is -2.42. The van der Waals surface area contributed by atoms with Crippen molar-refractivity contribution >= 4 is 12.0 Å². The number of rotatable bonds is 4. The molecule has 1 fully saturated rings. The highest BCUT2D eigenvalue weighted by molar-refractivity contribution is 6.02. The number of aromatic nitrogens is 1. The van der Waals surface area contributed by atoms with Gasteiger partial charge < -0.3 is 9.47 Å². The van der Waals surface area contributed by atoms with E-state index in [9.17, 15) is 10.1 Å². The summed E-state index contributed by atoms with van der Waals surface area (Å²) in [6.07, 6.45) is 3.84. The number of nitriles is 1. The van der Waals surface area contributed by atoms with Crippen LogP contribution in [0.4, 0.5) is 0 Å². The lowest BCUT2D eigenvalue weighted by molar-refractivity contribution is -0.129. The maximum Gasteiger partial charge on any atom is 0.264 e. The van der Waals surface area contributed by atoms with E-state index < -0.39 is 0 Å². The molecule has 1 amide bonds. The van der Waals surface area contributed by atoms with Gasteiger partial charge in [0.2, 0.25) is 0 Å². The number of hydrogen-bond acceptors (Lipinski definition) is 2. The second-order valence-electron chi connectivity index (χ2n) is 5.29. The first-order valence-electron chi connectivity index (χ1n) is 7.16. The first-order valence-corrected chi connectivity index (χ1v) is 7.16. The van der Waals surface area contributed by atoms with Crippen LogP contribution < -0.4 is 0 Å². The minimum Gasteiger partial charge on any atom is -0.349 e. The van der Waals surface area contributed by atoms with Gasteiger partial charge in [0.1, 0.15) is 11.6 Å². The molecule has 4 nitrogen and oxygen atoms in total. The summed E-state index contributed by atoms with van der Waals surface area (Å²) in [4.78, 5) is 13.8. The molecule has 1 aliphatic rings. The fourth-order valence-electron chi connectivity index (χ4n) is 2.53. The molecular weight excluding hydrogens is 250 g/mol. The fraction of sp³-hybridized carbons (Fsp3) is 0.500. The quantitative estimate of drug-likeness (QED) is 0.624. The molecule has 0 saturated carbocycles. The van der Waals surface area contributed by atoms with Crippen molar-refractivity contribution in [1.29, 1.82) is 5.26 Å². The van der Waals surface area contributed by atoms with Crippen LogP contribution in [0.1, 0.15) is 36.7 Å². The molecule has 0 spiro atoms. The number of carbonyl (C=O) groups is 1. The lowest BCUT2D eigenvalue weighted by atomic mass is 10.1. The molecule has 0 bridgehead atoms. The monoisotopic (exact) mass is 271 g/mol. The first-order chi connectivity index (χ1) is 9.58. The molecule has 2 heterocycles. The number of nitrogens with zero attached hydrogens (tertiary/aromatic N) is 3. The Morgan fingerprint density at radius 2 is 2.15 bits per heavy atom. The van der Waals surface area contributed by atoms with E-state index in [-0.39, 0.29) is 11.5 Å². The van der Waals surface area contributed by atoms with Crippen molar-refractivity contribution in [2.75, 3.05) is 13.1 Å². The standard InChI is InChI=1S/C16H21N3O/c1-4-6-19-12(2)9-14(13(19)3)10-15(11-17)16(20)18-7-5-8-18/h9-10H,4-8H2,1-3H3/b15-10+. The number of amides is 1. The molecular formula is C16H21N3O. The van der Waals surface area contributed by atoms with Gasteiger partial charge >= 0.3 is 0 Å². The number of aryl methyl sites for hydroxylation is 1. The van der Waals surface area contributed by atoms with E-state index in [1.807, 2.05) is 19.1 Å². The molecule has 0 radical (unpaired) electrons. The van der Waals surface area contributed by atoms with Crippen molar-refractivity contribution in [2.24, 2.45) is 0 Å². The lowest BCUT2D eigenvalue weighted by Gasteiger charge is -2.30. The maximum atomic E-state index is 12.1. The first kappa shape index (κ1) is 14.4. The molecule has 0 atom stereocenters. The third-order valence-corrected chi connectivity index (χ3v) is 3.85. The van der Waals surface area contributed by atoms with Crippen LogP contribution in [0.2, 0.25) is 0 Å². The van der Waals surface area contributed by atoms with Crippen LogP contribution in [0.3, 0.4) is 0 Å². The molecule has 1 saturated heterocycles. The number of carbonyl (C=O) groups excluding carboxylic acids is 1. The summed E-state index contributed by atoms with van der Waals surface area (Å²) in [6.45, 7) is 8.75. The van der Waals surface area contributed by atoms with Gasteiger partial charge in [-0.05, 0) is 44.4 Å². The van der Waals surface area contributed by atoms with E-state index in [1.165, 1.54) is 5.69 Å². The smallest absolute Gasteiger partial charge is 0.264 e. The Balaban J connectivity index is 2.30. The van der Waals surface area contributed by atoms with Crippen LogP contribution in [0.5, 0.6) is 0 Å². The zero-order chi connectivity index (χ0) is 14.7. The number of likely N-dealkylation sites (tertiary alicyclic amines) is 1. The van der Waals surface area contributed by atoms with Gasteiger partial charge in [-0.1, -0.05) is 6.92 Å². The second kappa shape index (κ2) is 5.96. The van der Waals surface area contributed by atoms with E-state index in [0.29, 0.717) is 0 Å². The van der Waals surface area contributed by atoms with Crippen LogP contribution in [-0.4, -0.2) is 28.5 Å². The molecule has 0 aliphatic carbocycles. The fourth-order valence-corrected chi connectivity index (χ4v) is 2.53. The van der Waals surface area contributed by atoms with Gasteiger partial charge in [-0.15, -0.1) is 0 Å². The van der Waals surface area contributed by atoms with E-state index >= 15 is 0 Å². The summed E-state index contributed by atoms with van der Waals surface area (Å²) in [5.74, 6) is -0.140. The van der Waals surface area contributed by atoms with Crippen molar-refractivity contribution in [3.63, 3.8) is 0 Å². The van der Waals surface area contributed by atoms with Gasteiger partial charge in [-0.3, -0.25) is 4.79 Å². The zero-order valence-corrected chi connectivity index (χ0v) is 12.4. The maximum absolute atomic E-state index is 12.1. The third-order valence-electron chi connectivity index (χ3n) is 3.85. The Hall–Kier alpha value is -2.02. The van der Waals surface area contributed by atoms with Crippen molar-refractivity contribution < 1.29 is 4.79 Å². The molecule has 1 aliphatic heterocycles. The van der Waals surface area contributed by atoms with Gasteiger partial charge in [0.15, 0.2) is 0 Å². The molecule has 0 aromatic carbocycles. The average Bonchev–Trinajstić information content (AvgIpc) is 2.61. The Labute approximate surface area is 120 Å². The number of hydrogen-bond donors (Lipinski definition) is 0. The van der Waals surface area contributed by atoms with Crippen molar-refractivity contribution in [1.82, 2.24) is 9.47 Å². The molecule has 106 valence electrons. The summed E-state index contributed by atoms with van der Waals surface area (Å²) in [7, 11) is 0. The summed E-state index contributed by atoms with van der Waals surface area (Å²) in [5, 5.41) is 9.22. The third kappa shape index (κ3) is 2.62. The van der Waals surface area contributed by atoms with Crippen LogP contribution in [0, 0.1) is 25.2 Å². The molecule has 0 unspecified atom stereocenters. The Kier molecular flexibility index (Phi) is 4.29. The molecule has 1 aromatic heterocycles. The Morgan fingerprint density at radius 3 is 2.65 bits per heavy atom. The second-order valence-corrected chi connectivity index (χ2v) is 5.29. The van der Waals surface area contributed by atoms with Crippen LogP contribution >= 0.6 is 0 Å². The highest BCUT2D eigenvalue weighted by Gasteiger charge is 2.23. The normalized spacial score (nSPS) is 14.9. The Morgan fingerprint density at radius 1 is 1.45 bits per heavy atom. The molecule has 20 heavy (non-hydrogen) atoms. The van der Waals surface area contributed by atoms with Gasteiger partial charge in [0.05, 0.1) is 0 Å². The van der Waals surface area contributed by atoms with Crippen LogP contribution in [-0.2, 0) is 11.3 Å². The topological polar surface area (TPSA) is 49.0 Å².